The van der Waals surface area contributed by atoms with Crippen LogP contribution in [0.1, 0.15) is 60.2 Å². The smallest absolute Gasteiger partial charge is 0.335 e. The van der Waals surface area contributed by atoms with Crippen LogP contribution >= 0.6 is 0 Å². The number of hydrogen-bond acceptors (Lipinski definition) is 7. The van der Waals surface area contributed by atoms with Gasteiger partial charge in [0.1, 0.15) is 5.71 Å². The largest absolute Gasteiger partial charge is 0.481 e. The molecular formula is C28H32N4O5. The number of likely N-dealkylation sites (tertiary alicyclic amines) is 1. The normalized spacial score (nSPS) is 19.6. The van der Waals surface area contributed by atoms with Crippen LogP contribution in [0.3, 0.4) is 0 Å². The minimum Gasteiger partial charge on any atom is -0.481 e. The molecule has 1 amide bonds. The molecular weight excluding hydrogens is 472 g/mol. The van der Waals surface area contributed by atoms with Crippen molar-refractivity contribution < 1.29 is 24.2 Å². The molecule has 1 saturated heterocycles. The lowest BCUT2D eigenvalue weighted by molar-refractivity contribution is -0.116. The van der Waals surface area contributed by atoms with Gasteiger partial charge < -0.3 is 20.5 Å². The van der Waals surface area contributed by atoms with Crippen LogP contribution in [-0.4, -0.2) is 64.6 Å². The van der Waals surface area contributed by atoms with Crippen LogP contribution in [0.2, 0.25) is 0 Å². The number of aliphatic imine (C=N–C) groups is 1. The van der Waals surface area contributed by atoms with Crippen molar-refractivity contribution in [2.75, 3.05) is 20.2 Å². The van der Waals surface area contributed by atoms with Crippen molar-refractivity contribution in [3.05, 3.63) is 59.3 Å². The van der Waals surface area contributed by atoms with Crippen molar-refractivity contribution in [2.24, 2.45) is 16.1 Å². The molecule has 1 aromatic carbocycles. The molecule has 0 bridgehead atoms. The zero-order valence-corrected chi connectivity index (χ0v) is 21.4. The molecule has 194 valence electrons. The topological polar surface area (TPSA) is 135 Å². The molecule has 2 fully saturated rings. The van der Waals surface area contributed by atoms with Gasteiger partial charge in [0.05, 0.1) is 18.4 Å². The number of ketones is 1. The Balaban J connectivity index is 1.51. The number of nitrogens with two attached hydrogens (primary N) is 1. The van der Waals surface area contributed by atoms with Crippen molar-refractivity contribution in [1.82, 2.24) is 9.88 Å². The number of Topliss-reactive ketones (excluding diaryl/α,β-unsaturated/α-hetero) is 1. The Morgan fingerprint density at radius 1 is 1.14 bits per heavy atom. The summed E-state index contributed by atoms with van der Waals surface area (Å²) in [4.78, 5) is 48.3. The number of carbonyl (C=O) groups is 3. The second-order valence-electron chi connectivity index (χ2n) is 10.00. The summed E-state index contributed by atoms with van der Waals surface area (Å²) in [6.07, 6.45) is 4.00. The van der Waals surface area contributed by atoms with Gasteiger partial charge in [0, 0.05) is 42.7 Å². The highest BCUT2D eigenvalue weighted by Crippen LogP contribution is 2.45. The fourth-order valence-corrected chi connectivity index (χ4v) is 5.09. The quantitative estimate of drug-likeness (QED) is 0.633. The van der Waals surface area contributed by atoms with Gasteiger partial charge in [-0.05, 0) is 68.5 Å². The fourth-order valence-electron chi connectivity index (χ4n) is 5.09. The van der Waals surface area contributed by atoms with Crippen LogP contribution in [0.15, 0.2) is 53.2 Å². The Morgan fingerprint density at radius 3 is 2.38 bits per heavy atom. The number of rotatable bonds is 5. The molecule has 1 aliphatic heterocycles. The first kappa shape index (κ1) is 26.1. The lowest BCUT2D eigenvalue weighted by Crippen LogP contribution is -2.47. The van der Waals surface area contributed by atoms with Crippen LogP contribution < -0.4 is 10.5 Å². The van der Waals surface area contributed by atoms with Crippen LogP contribution in [0.25, 0.3) is 11.3 Å². The van der Waals surface area contributed by atoms with Gasteiger partial charge in [-0.2, -0.15) is 0 Å². The average molecular weight is 505 g/mol. The summed E-state index contributed by atoms with van der Waals surface area (Å²) in [6, 6.07) is 9.62. The predicted molar refractivity (Wildman–Crippen MR) is 140 cm³/mol. The number of nitrogens with zero attached hydrogens (tertiary/aromatic N) is 3. The van der Waals surface area contributed by atoms with E-state index in [1.807, 2.05) is 13.8 Å². The first-order valence-electron chi connectivity index (χ1n) is 12.4. The summed E-state index contributed by atoms with van der Waals surface area (Å²) in [5.41, 5.74) is 8.75. The average Bonchev–Trinajstić information content (AvgIpc) is 2.89. The van der Waals surface area contributed by atoms with E-state index in [1.54, 1.807) is 29.2 Å². The number of methoxy groups -OCH3 is 1. The monoisotopic (exact) mass is 504 g/mol. The molecule has 0 atom stereocenters. The van der Waals surface area contributed by atoms with E-state index in [2.05, 4.69) is 9.98 Å². The highest BCUT2D eigenvalue weighted by atomic mass is 16.5. The molecule has 2 heterocycles. The molecule has 1 aliphatic carbocycles. The van der Waals surface area contributed by atoms with Gasteiger partial charge in [0.25, 0.3) is 5.91 Å². The van der Waals surface area contributed by atoms with Crippen LogP contribution in [-0.2, 0) is 4.79 Å². The second kappa shape index (κ2) is 10.5. The van der Waals surface area contributed by atoms with Gasteiger partial charge in [-0.15, -0.1) is 0 Å². The molecule has 0 unspecified atom stereocenters. The SMILES string of the molecule is COc1cc(C(=O)N2CCC3(CC2)CC(=O)C(=NC(C)C)C(=CN)C3)cc(-c2ccc(C(=O)O)cc2)n1. The third-order valence-electron chi connectivity index (χ3n) is 7.05. The maximum absolute atomic E-state index is 13.5. The van der Waals surface area contributed by atoms with E-state index in [4.69, 9.17) is 15.6 Å². The van der Waals surface area contributed by atoms with Gasteiger partial charge in [0.15, 0.2) is 5.78 Å². The second-order valence-corrected chi connectivity index (χ2v) is 10.00. The number of carboxylic acids is 1. The number of benzene rings is 1. The maximum Gasteiger partial charge on any atom is 0.335 e. The Hall–Kier alpha value is -4.01. The molecule has 1 aromatic heterocycles. The van der Waals surface area contributed by atoms with Gasteiger partial charge in [-0.3, -0.25) is 14.6 Å². The van der Waals surface area contributed by atoms with Crippen LogP contribution in [0.4, 0.5) is 0 Å². The minimum absolute atomic E-state index is 0.0137. The molecule has 2 aliphatic rings. The van der Waals surface area contributed by atoms with E-state index in [0.29, 0.717) is 67.2 Å². The van der Waals surface area contributed by atoms with Crippen molar-refractivity contribution in [2.45, 2.75) is 45.6 Å². The van der Waals surface area contributed by atoms with E-state index >= 15 is 0 Å². The third kappa shape index (κ3) is 5.55. The molecule has 1 saturated carbocycles. The number of allylic oxidation sites excluding steroid dienone is 1. The van der Waals surface area contributed by atoms with Crippen molar-refractivity contribution in [3.63, 3.8) is 0 Å². The number of aromatic carboxylic acids is 1. The number of carbonyl (C=O) groups excluding carboxylic acids is 2. The molecule has 4 rings (SSSR count). The van der Waals surface area contributed by atoms with Crippen molar-refractivity contribution >= 4 is 23.4 Å². The van der Waals surface area contributed by atoms with Gasteiger partial charge in [0.2, 0.25) is 5.88 Å². The number of ether oxygens (including phenoxy) is 1. The Morgan fingerprint density at radius 2 is 1.81 bits per heavy atom. The Labute approximate surface area is 216 Å². The van der Waals surface area contributed by atoms with Crippen molar-refractivity contribution in [1.29, 1.82) is 0 Å². The molecule has 37 heavy (non-hydrogen) atoms. The summed E-state index contributed by atoms with van der Waals surface area (Å²) in [7, 11) is 1.48. The molecule has 9 heteroatoms. The number of pyridine rings is 1. The highest BCUT2D eigenvalue weighted by Gasteiger charge is 2.43. The van der Waals surface area contributed by atoms with Crippen molar-refractivity contribution in [3.8, 4) is 17.1 Å². The van der Waals surface area contributed by atoms with E-state index < -0.39 is 5.97 Å². The predicted octanol–water partition coefficient (Wildman–Crippen LogP) is 3.73. The summed E-state index contributed by atoms with van der Waals surface area (Å²) in [6.45, 7) is 4.92. The first-order valence-corrected chi connectivity index (χ1v) is 12.4. The zero-order chi connectivity index (χ0) is 26.7. The molecule has 9 nitrogen and oxygen atoms in total. The summed E-state index contributed by atoms with van der Waals surface area (Å²) < 4.78 is 5.34. The summed E-state index contributed by atoms with van der Waals surface area (Å²) in [5, 5.41) is 9.15. The van der Waals surface area contributed by atoms with E-state index in [1.165, 1.54) is 25.4 Å². The fraction of sp³-hybridized carbons (Fsp3) is 0.393. The minimum atomic E-state index is -1.01. The molecule has 2 aromatic rings. The third-order valence-corrected chi connectivity index (χ3v) is 7.05. The molecule has 0 radical (unpaired) electrons. The maximum atomic E-state index is 13.5. The van der Waals surface area contributed by atoms with Gasteiger partial charge >= 0.3 is 5.97 Å². The van der Waals surface area contributed by atoms with Gasteiger partial charge in [-0.25, -0.2) is 9.78 Å². The zero-order valence-electron chi connectivity index (χ0n) is 21.4. The number of aromatic nitrogens is 1. The lowest BCUT2D eigenvalue weighted by Gasteiger charge is -2.44. The Kier molecular flexibility index (Phi) is 7.42. The first-order chi connectivity index (χ1) is 17.6. The van der Waals surface area contributed by atoms with E-state index in [0.717, 1.165) is 5.57 Å². The van der Waals surface area contributed by atoms with Gasteiger partial charge in [-0.1, -0.05) is 12.1 Å². The number of carboxylic acid groups (broad SMARTS) is 1. The highest BCUT2D eigenvalue weighted by molar-refractivity contribution is 6.47. The summed E-state index contributed by atoms with van der Waals surface area (Å²) in [5.74, 6) is -0.836. The van der Waals surface area contributed by atoms with E-state index in [-0.39, 0.29) is 28.7 Å². The lowest BCUT2D eigenvalue weighted by atomic mass is 9.65. The number of amides is 1. The van der Waals surface area contributed by atoms with E-state index in [9.17, 15) is 14.4 Å². The molecule has 1 spiro atoms. The number of piperidine rings is 1. The molecule has 3 N–H and O–H groups in total. The Bertz CT molecular complexity index is 1270. The standard InChI is InChI=1S/C28H32N4O5/c1-17(2)30-25-21(16-29)14-28(15-23(25)33)8-10-32(11-9-28)26(34)20-12-22(31-24(13-20)37-3)18-4-6-19(7-5-18)27(35)36/h4-7,12-13,16-17H,8-11,14-15,29H2,1-3H3,(H,35,36). The van der Waals surface area contributed by atoms with Crippen LogP contribution in [0.5, 0.6) is 5.88 Å². The summed E-state index contributed by atoms with van der Waals surface area (Å²) >= 11 is 0. The van der Waals surface area contributed by atoms with Crippen LogP contribution in [0, 0.1) is 5.41 Å². The number of hydrogen-bond donors (Lipinski definition) is 2.